The quantitative estimate of drug-likeness (QED) is 0.722. The molecular formula is C10H13NO4. The maximum absolute atomic E-state index is 11.3. The van der Waals surface area contributed by atoms with E-state index < -0.39 is 19.6 Å². The fraction of sp³-hybridized carbons (Fsp3) is 0.300. The minimum Gasteiger partial charge on any atom is -0.410 e. The first-order valence-electron chi connectivity index (χ1n) is 4.43. The first-order chi connectivity index (χ1) is 7.19. The lowest BCUT2D eigenvalue weighted by Crippen LogP contribution is -2.35. The van der Waals surface area contributed by atoms with Gasteiger partial charge in [0.25, 0.3) is 0 Å². The highest BCUT2D eigenvalue weighted by Gasteiger charge is 2.14. The molecule has 1 rings (SSSR count). The number of aliphatic hydroxyl groups excluding tert-OH is 2. The third-order valence-electron chi connectivity index (χ3n) is 1.89. The second kappa shape index (κ2) is 5.33. The number of carbonyl (C=O) groups is 1. The van der Waals surface area contributed by atoms with Gasteiger partial charge in [0.2, 0.25) is 0 Å². The predicted molar refractivity (Wildman–Crippen MR) is 53.2 cm³/mol. The second-order valence-corrected chi connectivity index (χ2v) is 2.96. The summed E-state index contributed by atoms with van der Waals surface area (Å²) in [5, 5.41) is 17.4. The molecule has 1 aromatic rings. The molecule has 0 atom stereocenters. The molecule has 2 N–H and O–H groups in total. The molecule has 15 heavy (non-hydrogen) atoms. The van der Waals surface area contributed by atoms with Crippen molar-refractivity contribution in [3.05, 3.63) is 29.8 Å². The van der Waals surface area contributed by atoms with Gasteiger partial charge in [-0.05, 0) is 18.6 Å². The topological polar surface area (TPSA) is 70.0 Å². The van der Waals surface area contributed by atoms with E-state index in [2.05, 4.69) is 0 Å². The van der Waals surface area contributed by atoms with Crippen molar-refractivity contribution in [1.29, 1.82) is 0 Å². The van der Waals surface area contributed by atoms with E-state index in [-0.39, 0.29) is 0 Å². The number of ether oxygens (including phenoxy) is 1. The first kappa shape index (κ1) is 11.5. The number of benzene rings is 1. The molecule has 0 saturated carbocycles. The van der Waals surface area contributed by atoms with Crippen LogP contribution in [0.15, 0.2) is 24.3 Å². The summed E-state index contributed by atoms with van der Waals surface area (Å²) in [7, 11) is 0. The summed E-state index contributed by atoms with van der Waals surface area (Å²) < 4.78 is 4.96. The number of amides is 1. The van der Waals surface area contributed by atoms with Gasteiger partial charge in [-0.25, -0.2) is 4.79 Å². The van der Waals surface area contributed by atoms with Crippen molar-refractivity contribution < 1.29 is 19.7 Å². The van der Waals surface area contributed by atoms with Gasteiger partial charge in [0, 0.05) is 0 Å². The number of carbonyl (C=O) groups excluding carboxylic acids is 1. The third kappa shape index (κ3) is 2.93. The summed E-state index contributed by atoms with van der Waals surface area (Å²) in [5.41, 5.74) is 0.807. The van der Waals surface area contributed by atoms with Crippen LogP contribution >= 0.6 is 0 Å². The van der Waals surface area contributed by atoms with E-state index >= 15 is 0 Å². The van der Waals surface area contributed by atoms with Crippen LogP contribution in [0.3, 0.4) is 0 Å². The molecule has 0 spiro atoms. The number of hydrogen-bond acceptors (Lipinski definition) is 4. The summed E-state index contributed by atoms with van der Waals surface area (Å²) in [6.45, 7) is 0.632. The lowest BCUT2D eigenvalue weighted by atomic mass is 10.2. The zero-order valence-electron chi connectivity index (χ0n) is 8.38. The first-order valence-corrected chi connectivity index (χ1v) is 4.43. The Balaban J connectivity index is 2.70. The summed E-state index contributed by atoms with van der Waals surface area (Å²) in [6.07, 6.45) is -0.783. The summed E-state index contributed by atoms with van der Waals surface area (Å²) in [6, 6.07) is 6.99. The minimum absolute atomic E-state index is 0.411. The molecule has 0 aliphatic rings. The van der Waals surface area contributed by atoms with Crippen LogP contribution in [0.2, 0.25) is 0 Å². The number of nitrogens with zero attached hydrogens (tertiary/aromatic N) is 1. The number of aliphatic hydroxyl groups is 2. The van der Waals surface area contributed by atoms with Crippen molar-refractivity contribution in [2.75, 3.05) is 13.5 Å². The Morgan fingerprint density at radius 2 is 1.93 bits per heavy atom. The van der Waals surface area contributed by atoms with Crippen molar-refractivity contribution in [1.82, 2.24) is 4.90 Å². The maximum atomic E-state index is 11.3. The van der Waals surface area contributed by atoms with Crippen molar-refractivity contribution in [3.63, 3.8) is 0 Å². The van der Waals surface area contributed by atoms with Crippen molar-refractivity contribution >= 4 is 6.09 Å². The number of aryl methyl sites for hydroxylation is 1. The van der Waals surface area contributed by atoms with Gasteiger partial charge in [0.1, 0.15) is 19.2 Å². The Kier molecular flexibility index (Phi) is 4.08. The lowest BCUT2D eigenvalue weighted by molar-refractivity contribution is 0.0377. The van der Waals surface area contributed by atoms with Crippen LogP contribution in [0.5, 0.6) is 5.75 Å². The van der Waals surface area contributed by atoms with Gasteiger partial charge in [-0.3, -0.25) is 4.90 Å². The molecule has 0 aliphatic carbocycles. The molecule has 0 heterocycles. The fourth-order valence-corrected chi connectivity index (χ4v) is 0.990. The number of hydrogen-bond donors (Lipinski definition) is 2. The van der Waals surface area contributed by atoms with Crippen LogP contribution in [0.25, 0.3) is 0 Å². The predicted octanol–water partition coefficient (Wildman–Crippen LogP) is 0.695. The monoisotopic (exact) mass is 211 g/mol. The lowest BCUT2D eigenvalue weighted by Gasteiger charge is -2.16. The molecule has 1 amide bonds. The van der Waals surface area contributed by atoms with Crippen LogP contribution in [0, 0.1) is 6.92 Å². The average Bonchev–Trinajstić information content (AvgIpc) is 2.23. The zero-order chi connectivity index (χ0) is 11.3. The van der Waals surface area contributed by atoms with Crippen LogP contribution < -0.4 is 4.74 Å². The average molecular weight is 211 g/mol. The van der Waals surface area contributed by atoms with Gasteiger partial charge in [-0.2, -0.15) is 0 Å². The largest absolute Gasteiger partial charge is 0.418 e. The molecule has 0 bridgehead atoms. The summed E-state index contributed by atoms with van der Waals surface area (Å²) in [4.78, 5) is 12.1. The smallest absolute Gasteiger partial charge is 0.410 e. The molecule has 0 radical (unpaired) electrons. The molecule has 82 valence electrons. The van der Waals surface area contributed by atoms with E-state index in [1.165, 1.54) is 0 Å². The van der Waals surface area contributed by atoms with E-state index in [0.717, 1.165) is 10.5 Å². The fourth-order valence-electron chi connectivity index (χ4n) is 0.990. The third-order valence-corrected chi connectivity index (χ3v) is 1.89. The molecular weight excluding hydrogens is 198 g/mol. The molecule has 0 aromatic heterocycles. The van der Waals surface area contributed by atoms with Crippen molar-refractivity contribution in [2.24, 2.45) is 0 Å². The van der Waals surface area contributed by atoms with Gasteiger partial charge in [-0.15, -0.1) is 0 Å². The SMILES string of the molecule is Cc1ccccc1OC(=O)N(CO)CO. The van der Waals surface area contributed by atoms with E-state index in [4.69, 9.17) is 14.9 Å². The normalized spacial score (nSPS) is 9.80. The molecule has 1 aromatic carbocycles. The van der Waals surface area contributed by atoms with E-state index in [0.29, 0.717) is 5.75 Å². The van der Waals surface area contributed by atoms with Gasteiger partial charge >= 0.3 is 6.09 Å². The van der Waals surface area contributed by atoms with Gasteiger partial charge in [0.15, 0.2) is 0 Å². The van der Waals surface area contributed by atoms with Crippen LogP contribution in [0.1, 0.15) is 5.56 Å². The molecule has 0 fully saturated rings. The highest BCUT2D eigenvalue weighted by atomic mass is 16.6. The maximum Gasteiger partial charge on any atom is 0.418 e. The summed E-state index contributed by atoms with van der Waals surface area (Å²) in [5.74, 6) is 0.411. The second-order valence-electron chi connectivity index (χ2n) is 2.96. The van der Waals surface area contributed by atoms with E-state index in [1.807, 2.05) is 6.07 Å². The Labute approximate surface area is 87.5 Å². The molecule has 0 saturated heterocycles. The van der Waals surface area contributed by atoms with Gasteiger partial charge in [0.05, 0.1) is 0 Å². The molecule has 0 unspecified atom stereocenters. The zero-order valence-corrected chi connectivity index (χ0v) is 8.38. The Hall–Kier alpha value is -1.59. The van der Waals surface area contributed by atoms with Crippen LogP contribution in [0.4, 0.5) is 4.79 Å². The Morgan fingerprint density at radius 1 is 1.33 bits per heavy atom. The van der Waals surface area contributed by atoms with E-state index in [1.54, 1.807) is 25.1 Å². The Bertz CT molecular complexity index is 336. The van der Waals surface area contributed by atoms with E-state index in [9.17, 15) is 4.79 Å². The highest BCUT2D eigenvalue weighted by Crippen LogP contribution is 2.16. The molecule has 5 heteroatoms. The van der Waals surface area contributed by atoms with Gasteiger partial charge in [-0.1, -0.05) is 18.2 Å². The van der Waals surface area contributed by atoms with Crippen LogP contribution in [-0.4, -0.2) is 34.7 Å². The van der Waals surface area contributed by atoms with Crippen molar-refractivity contribution in [2.45, 2.75) is 6.92 Å². The standard InChI is InChI=1S/C10H13NO4/c1-8-4-2-3-5-9(8)15-10(14)11(6-12)7-13/h2-5,12-13H,6-7H2,1H3. The summed E-state index contributed by atoms with van der Waals surface area (Å²) >= 11 is 0. The molecule has 0 aliphatic heterocycles. The molecule has 5 nitrogen and oxygen atoms in total. The van der Waals surface area contributed by atoms with Gasteiger partial charge < -0.3 is 14.9 Å². The van der Waals surface area contributed by atoms with Crippen LogP contribution in [-0.2, 0) is 0 Å². The number of rotatable bonds is 3. The number of para-hydroxylation sites is 1. The minimum atomic E-state index is -0.783. The van der Waals surface area contributed by atoms with Crippen molar-refractivity contribution in [3.8, 4) is 5.75 Å². The Morgan fingerprint density at radius 3 is 2.47 bits per heavy atom. The highest BCUT2D eigenvalue weighted by molar-refractivity contribution is 5.70.